The van der Waals surface area contributed by atoms with Gasteiger partial charge in [-0.15, -0.1) is 0 Å². The van der Waals surface area contributed by atoms with Gasteiger partial charge >= 0.3 is 0 Å². The van der Waals surface area contributed by atoms with Crippen LogP contribution in [0.3, 0.4) is 0 Å². The van der Waals surface area contributed by atoms with Crippen molar-refractivity contribution in [2.75, 3.05) is 8.86 Å². The fourth-order valence-corrected chi connectivity index (χ4v) is 2.86. The molecule has 0 atom stereocenters. The molecule has 0 aromatic carbocycles. The minimum Gasteiger partial charge on any atom is -0.0864 e. The predicted octanol–water partition coefficient (Wildman–Crippen LogP) is 6.15. The first kappa shape index (κ1) is 16.5. The quantitative estimate of drug-likeness (QED) is 0.196. The average molecular weight is 436 g/mol. The maximum Gasteiger partial charge on any atom is -0.000473 e. The van der Waals surface area contributed by atoms with Crippen LogP contribution in [0.1, 0.15) is 70.6 Å². The molecule has 0 aliphatic carbocycles. The Labute approximate surface area is 124 Å². The highest BCUT2D eigenvalue weighted by Gasteiger charge is 1.92. The highest BCUT2D eigenvalue weighted by molar-refractivity contribution is 14.1. The van der Waals surface area contributed by atoms with Crippen LogP contribution in [-0.2, 0) is 0 Å². The van der Waals surface area contributed by atoms with Gasteiger partial charge in [-0.2, -0.15) is 0 Å². The van der Waals surface area contributed by atoms with Gasteiger partial charge in [-0.05, 0) is 21.7 Å². The molecule has 0 rings (SSSR count). The lowest BCUT2D eigenvalue weighted by Crippen LogP contribution is -1.83. The van der Waals surface area contributed by atoms with E-state index in [0.29, 0.717) is 0 Å². The molecule has 0 saturated carbocycles. The Hall–Kier alpha value is 1.46. The van der Waals surface area contributed by atoms with Crippen molar-refractivity contribution in [2.45, 2.75) is 70.6 Å². The topological polar surface area (TPSA) is 0 Å². The van der Waals surface area contributed by atoms with Gasteiger partial charge in [-0.25, -0.2) is 0 Å². The summed E-state index contributed by atoms with van der Waals surface area (Å²) in [7, 11) is 0. The Morgan fingerprint density at radius 2 is 0.533 bits per heavy atom. The van der Waals surface area contributed by atoms with Crippen LogP contribution in [0.2, 0.25) is 0 Å². The number of hydrogen-bond donors (Lipinski definition) is 0. The van der Waals surface area contributed by atoms with Gasteiger partial charge in [0.1, 0.15) is 0 Å². The van der Waals surface area contributed by atoms with Crippen molar-refractivity contribution < 1.29 is 0 Å². The SMILES string of the molecule is ICCCCCCCCCCCCCI. The van der Waals surface area contributed by atoms with E-state index in [1.807, 2.05) is 0 Å². The zero-order chi connectivity index (χ0) is 11.2. The van der Waals surface area contributed by atoms with Crippen molar-refractivity contribution in [3.63, 3.8) is 0 Å². The molecule has 0 radical (unpaired) electrons. The van der Waals surface area contributed by atoms with Gasteiger partial charge in [0, 0.05) is 0 Å². The van der Waals surface area contributed by atoms with E-state index in [1.165, 1.54) is 79.5 Å². The lowest BCUT2D eigenvalue weighted by atomic mass is 10.1. The van der Waals surface area contributed by atoms with Gasteiger partial charge in [0.05, 0.1) is 0 Å². The van der Waals surface area contributed by atoms with Gasteiger partial charge in [0.15, 0.2) is 0 Å². The molecule has 0 spiro atoms. The van der Waals surface area contributed by atoms with Crippen LogP contribution >= 0.6 is 45.2 Å². The van der Waals surface area contributed by atoms with Crippen LogP contribution in [0.5, 0.6) is 0 Å². The minimum absolute atomic E-state index is 1.34. The molecule has 0 aliphatic heterocycles. The van der Waals surface area contributed by atoms with Crippen molar-refractivity contribution in [3.8, 4) is 0 Å². The Balaban J connectivity index is 2.81. The van der Waals surface area contributed by atoms with Crippen LogP contribution in [0, 0.1) is 0 Å². The molecule has 0 aliphatic rings. The van der Waals surface area contributed by atoms with Crippen LogP contribution < -0.4 is 0 Å². The van der Waals surface area contributed by atoms with Gasteiger partial charge in [0.2, 0.25) is 0 Å². The van der Waals surface area contributed by atoms with Crippen molar-refractivity contribution in [1.29, 1.82) is 0 Å². The number of hydrogen-bond acceptors (Lipinski definition) is 0. The second-order valence-corrected chi connectivity index (χ2v) is 6.42. The first-order chi connectivity index (χ1) is 7.41. The molecule has 0 heterocycles. The molecule has 92 valence electrons. The van der Waals surface area contributed by atoms with Crippen molar-refractivity contribution >= 4 is 45.2 Å². The fourth-order valence-electron chi connectivity index (χ4n) is 1.78. The summed E-state index contributed by atoms with van der Waals surface area (Å²) in [5.74, 6) is 0. The maximum atomic E-state index is 2.48. The Morgan fingerprint density at radius 3 is 0.733 bits per heavy atom. The zero-order valence-electron chi connectivity index (χ0n) is 9.95. The zero-order valence-corrected chi connectivity index (χ0v) is 14.3. The highest BCUT2D eigenvalue weighted by Crippen LogP contribution is 2.11. The number of alkyl halides is 2. The van der Waals surface area contributed by atoms with Crippen molar-refractivity contribution in [2.24, 2.45) is 0 Å². The Morgan fingerprint density at radius 1 is 0.333 bits per heavy atom. The van der Waals surface area contributed by atoms with E-state index in [1.54, 1.807) is 0 Å². The Bertz CT molecular complexity index is 92.7. The van der Waals surface area contributed by atoms with E-state index in [-0.39, 0.29) is 0 Å². The van der Waals surface area contributed by atoms with E-state index in [0.717, 1.165) is 0 Å². The monoisotopic (exact) mass is 436 g/mol. The fraction of sp³-hybridized carbons (Fsp3) is 1.00. The van der Waals surface area contributed by atoms with Gasteiger partial charge in [-0.3, -0.25) is 0 Å². The molecule has 0 fully saturated rings. The van der Waals surface area contributed by atoms with E-state index in [9.17, 15) is 0 Å². The second kappa shape index (κ2) is 15.5. The molecule has 0 aromatic rings. The Kier molecular flexibility index (Phi) is 17.0. The maximum absolute atomic E-state index is 2.48. The van der Waals surface area contributed by atoms with E-state index in [4.69, 9.17) is 0 Å². The number of halogens is 2. The standard InChI is InChI=1S/C13H26I2/c14-12-10-8-6-4-2-1-3-5-7-9-11-13-15/h1-13H2. The molecule has 0 saturated heterocycles. The predicted molar refractivity (Wildman–Crippen MR) is 88.6 cm³/mol. The molecular weight excluding hydrogens is 410 g/mol. The summed E-state index contributed by atoms with van der Waals surface area (Å²) in [6, 6.07) is 0. The summed E-state index contributed by atoms with van der Waals surface area (Å²) in [4.78, 5) is 0. The third-order valence-electron chi connectivity index (χ3n) is 2.77. The highest BCUT2D eigenvalue weighted by atomic mass is 127. The summed E-state index contributed by atoms with van der Waals surface area (Å²) in [6.45, 7) is 0. The summed E-state index contributed by atoms with van der Waals surface area (Å²) in [6.07, 6.45) is 16.1. The van der Waals surface area contributed by atoms with E-state index >= 15 is 0 Å². The molecule has 2 heteroatoms. The number of rotatable bonds is 12. The first-order valence-corrected chi connectivity index (χ1v) is 9.59. The molecule has 15 heavy (non-hydrogen) atoms. The summed E-state index contributed by atoms with van der Waals surface area (Å²) in [5.41, 5.74) is 0. The third kappa shape index (κ3) is 15.5. The smallest absolute Gasteiger partial charge is 0.000473 e. The lowest BCUT2D eigenvalue weighted by molar-refractivity contribution is 0.556. The lowest BCUT2D eigenvalue weighted by Gasteiger charge is -2.01. The van der Waals surface area contributed by atoms with E-state index < -0.39 is 0 Å². The molecular formula is C13H26I2. The minimum atomic E-state index is 1.34. The van der Waals surface area contributed by atoms with Crippen LogP contribution in [0.25, 0.3) is 0 Å². The summed E-state index contributed by atoms with van der Waals surface area (Å²) >= 11 is 4.95. The second-order valence-electron chi connectivity index (χ2n) is 4.27. The number of unbranched alkanes of at least 4 members (excludes halogenated alkanes) is 10. The summed E-state index contributed by atoms with van der Waals surface area (Å²) in [5, 5.41) is 0. The van der Waals surface area contributed by atoms with Gasteiger partial charge in [0.25, 0.3) is 0 Å². The molecule has 0 N–H and O–H groups in total. The molecule has 0 nitrogen and oxygen atoms in total. The average Bonchev–Trinajstić information content (AvgIpc) is 2.26. The van der Waals surface area contributed by atoms with Gasteiger partial charge in [-0.1, -0.05) is 103 Å². The van der Waals surface area contributed by atoms with Crippen molar-refractivity contribution in [3.05, 3.63) is 0 Å². The third-order valence-corrected chi connectivity index (χ3v) is 4.29. The largest absolute Gasteiger partial charge is 0.0864 e. The molecule has 0 unspecified atom stereocenters. The van der Waals surface area contributed by atoms with Crippen LogP contribution in [0.4, 0.5) is 0 Å². The molecule has 0 amide bonds. The molecule has 0 bridgehead atoms. The molecule has 0 aromatic heterocycles. The van der Waals surface area contributed by atoms with Crippen molar-refractivity contribution in [1.82, 2.24) is 0 Å². The van der Waals surface area contributed by atoms with Crippen LogP contribution in [-0.4, -0.2) is 8.86 Å². The van der Waals surface area contributed by atoms with E-state index in [2.05, 4.69) is 45.2 Å². The first-order valence-electron chi connectivity index (χ1n) is 6.53. The van der Waals surface area contributed by atoms with Gasteiger partial charge < -0.3 is 0 Å². The van der Waals surface area contributed by atoms with Crippen LogP contribution in [0.15, 0.2) is 0 Å². The normalized spacial score (nSPS) is 10.8. The summed E-state index contributed by atoms with van der Waals surface area (Å²) < 4.78 is 2.68.